The number of rotatable bonds is 5. The molecule has 1 rings (SSSR count). The third-order valence-electron chi connectivity index (χ3n) is 1.86. The first-order valence-corrected chi connectivity index (χ1v) is 5.08. The number of carbonyl (C=O) groups is 3. The number of carbonyl (C=O) groups excluding carboxylic acids is 2. The second kappa shape index (κ2) is 7.96. The topological polar surface area (TPSA) is 149 Å². The molecule has 0 aliphatic rings. The van der Waals surface area contributed by atoms with Gasteiger partial charge >= 0.3 is 5.97 Å². The van der Waals surface area contributed by atoms with E-state index in [4.69, 9.17) is 10.8 Å². The highest BCUT2D eigenvalue weighted by atomic mass is 16.4. The van der Waals surface area contributed by atoms with Crippen LogP contribution in [0, 0.1) is 0 Å². The fourth-order valence-corrected chi connectivity index (χ4v) is 0.865. The molecule has 0 saturated heterocycles. The number of nitrogens with zero attached hydrogens (tertiary/aromatic N) is 1. The van der Waals surface area contributed by atoms with Gasteiger partial charge in [0.25, 0.3) is 0 Å². The Kier molecular flexibility index (Phi) is 6.98. The van der Waals surface area contributed by atoms with Gasteiger partial charge in [0.15, 0.2) is 5.78 Å². The van der Waals surface area contributed by atoms with Gasteiger partial charge in [-0.25, -0.2) is 4.98 Å². The molecule has 1 aromatic rings. The van der Waals surface area contributed by atoms with Gasteiger partial charge in [-0.05, 0) is 0 Å². The highest BCUT2D eigenvalue weighted by Crippen LogP contribution is 1.95. The number of nitrogens with two attached hydrogens (primary N) is 1. The van der Waals surface area contributed by atoms with Crippen LogP contribution in [0.5, 0.6) is 0 Å². The van der Waals surface area contributed by atoms with Gasteiger partial charge in [-0.2, -0.15) is 0 Å². The first kappa shape index (κ1) is 15.8. The molecule has 18 heavy (non-hydrogen) atoms. The molecule has 0 spiro atoms. The van der Waals surface area contributed by atoms with Gasteiger partial charge in [0.05, 0.1) is 6.33 Å². The van der Waals surface area contributed by atoms with Gasteiger partial charge in [-0.1, -0.05) is 6.92 Å². The van der Waals surface area contributed by atoms with Gasteiger partial charge in [0.1, 0.15) is 12.0 Å². The molecule has 0 bridgehead atoms. The van der Waals surface area contributed by atoms with Crippen molar-refractivity contribution in [1.29, 1.82) is 0 Å². The van der Waals surface area contributed by atoms with Crippen molar-refractivity contribution in [3.8, 4) is 0 Å². The number of ketones is 1. The summed E-state index contributed by atoms with van der Waals surface area (Å²) in [6.07, 6.45) is 3.35. The van der Waals surface area contributed by atoms with E-state index in [1.54, 1.807) is 6.20 Å². The van der Waals surface area contributed by atoms with Crippen molar-refractivity contribution >= 4 is 17.7 Å². The summed E-state index contributed by atoms with van der Waals surface area (Å²) < 4.78 is 0. The molecule has 8 heteroatoms. The van der Waals surface area contributed by atoms with Crippen LogP contribution in [0.3, 0.4) is 0 Å². The minimum atomic E-state index is -1.59. The molecule has 100 valence electrons. The number of H-pyrrole nitrogens is 1. The van der Waals surface area contributed by atoms with Crippen LogP contribution in [0.25, 0.3) is 0 Å². The van der Waals surface area contributed by atoms with Crippen molar-refractivity contribution in [3.05, 3.63) is 18.2 Å². The van der Waals surface area contributed by atoms with Crippen molar-refractivity contribution in [3.63, 3.8) is 0 Å². The Bertz CT molecular complexity index is 402. The van der Waals surface area contributed by atoms with Gasteiger partial charge in [-0.3, -0.25) is 9.59 Å². The molecule has 0 aromatic carbocycles. The van der Waals surface area contributed by atoms with Gasteiger partial charge in [-0.15, -0.1) is 0 Å². The average Bonchev–Trinajstić information content (AvgIpc) is 2.81. The van der Waals surface area contributed by atoms with E-state index >= 15 is 0 Å². The van der Waals surface area contributed by atoms with E-state index in [2.05, 4.69) is 9.97 Å². The van der Waals surface area contributed by atoms with Crippen LogP contribution in [-0.2, 0) is 20.8 Å². The van der Waals surface area contributed by atoms with E-state index in [1.807, 2.05) is 0 Å². The standard InChI is InChI=1S/C6H9N3O2.C4H6O3/c7-5(6(10)11)1-4-2-8-3-9-4;1-2-3(5)4(6)7/h2-3,5H,1,7H2,(H,8,9)(H,10,11);2H2,1H3,(H,6,7)/p-1/t5-;/m0./s1. The molecule has 8 nitrogen and oxygen atoms in total. The predicted octanol–water partition coefficient (Wildman–Crippen LogP) is -1.92. The third kappa shape index (κ3) is 6.38. The van der Waals surface area contributed by atoms with Gasteiger partial charge in [0, 0.05) is 24.7 Å². The van der Waals surface area contributed by atoms with E-state index in [1.165, 1.54) is 13.3 Å². The maximum absolute atomic E-state index is 10.3. The molecule has 1 heterocycles. The lowest BCUT2D eigenvalue weighted by Crippen LogP contribution is -2.32. The summed E-state index contributed by atoms with van der Waals surface area (Å²) in [5.41, 5.74) is 6.00. The highest BCUT2D eigenvalue weighted by Gasteiger charge is 2.11. The lowest BCUT2D eigenvalue weighted by molar-refractivity contribution is -0.300. The zero-order chi connectivity index (χ0) is 14.1. The normalized spacial score (nSPS) is 11.0. The summed E-state index contributed by atoms with van der Waals surface area (Å²) in [7, 11) is 0. The van der Waals surface area contributed by atoms with E-state index in [0.29, 0.717) is 0 Å². The molecule has 0 saturated carbocycles. The smallest absolute Gasteiger partial charge is 0.320 e. The minimum Gasteiger partial charge on any atom is -0.542 e. The molecule has 0 aliphatic carbocycles. The number of nitrogens with one attached hydrogen (secondary N) is 1. The fourth-order valence-electron chi connectivity index (χ4n) is 0.865. The molecular weight excluding hydrogens is 242 g/mol. The molecule has 0 fully saturated rings. The Morgan fingerprint density at radius 2 is 2.17 bits per heavy atom. The molecule has 1 aromatic heterocycles. The molecule has 0 amide bonds. The number of carboxylic acids is 2. The summed E-state index contributed by atoms with van der Waals surface area (Å²) >= 11 is 0. The van der Waals surface area contributed by atoms with Crippen molar-refractivity contribution < 1.29 is 24.6 Å². The minimum absolute atomic E-state index is 0.0162. The molecular formula is C10H14N3O5-. The zero-order valence-electron chi connectivity index (χ0n) is 9.75. The molecule has 0 unspecified atom stereocenters. The van der Waals surface area contributed by atoms with Gasteiger partial charge in [0.2, 0.25) is 0 Å². The van der Waals surface area contributed by atoms with Gasteiger partial charge < -0.3 is 25.7 Å². The first-order chi connectivity index (χ1) is 8.38. The largest absolute Gasteiger partial charge is 0.542 e. The number of Topliss-reactive ketones (excluding diaryl/α,β-unsaturated/α-hetero) is 1. The second-order valence-electron chi connectivity index (χ2n) is 3.29. The van der Waals surface area contributed by atoms with Crippen molar-refractivity contribution in [1.82, 2.24) is 9.97 Å². The van der Waals surface area contributed by atoms with Crippen molar-refractivity contribution in [2.24, 2.45) is 5.73 Å². The van der Waals surface area contributed by atoms with Crippen LogP contribution < -0.4 is 10.8 Å². The Labute approximate surface area is 103 Å². The van der Waals surface area contributed by atoms with Crippen LogP contribution in [-0.4, -0.2) is 38.8 Å². The van der Waals surface area contributed by atoms with Crippen LogP contribution in [0.4, 0.5) is 0 Å². The lowest BCUT2D eigenvalue weighted by atomic mass is 10.2. The van der Waals surface area contributed by atoms with E-state index < -0.39 is 23.8 Å². The number of hydrogen-bond acceptors (Lipinski definition) is 6. The maximum Gasteiger partial charge on any atom is 0.320 e. The molecule has 4 N–H and O–H groups in total. The Morgan fingerprint density at radius 1 is 1.56 bits per heavy atom. The molecule has 0 aliphatic heterocycles. The summed E-state index contributed by atoms with van der Waals surface area (Å²) in [5, 5.41) is 17.9. The number of hydrogen-bond donors (Lipinski definition) is 3. The summed E-state index contributed by atoms with van der Waals surface area (Å²) in [6.45, 7) is 1.47. The SMILES string of the molecule is CCC(=O)C(=O)[O-].N[C@@H](Cc1cnc[nH]1)C(=O)O. The maximum atomic E-state index is 10.3. The van der Waals surface area contributed by atoms with E-state index in [9.17, 15) is 19.5 Å². The molecule has 1 atom stereocenters. The average molecular weight is 256 g/mol. The highest BCUT2D eigenvalue weighted by molar-refractivity contribution is 6.31. The predicted molar refractivity (Wildman–Crippen MR) is 58.2 cm³/mol. The zero-order valence-corrected chi connectivity index (χ0v) is 9.75. The van der Waals surface area contributed by atoms with E-state index in [0.717, 1.165) is 5.69 Å². The van der Waals surface area contributed by atoms with E-state index in [-0.39, 0.29) is 12.8 Å². The summed E-state index contributed by atoms with van der Waals surface area (Å²) in [5.74, 6) is -3.44. The first-order valence-electron chi connectivity index (χ1n) is 5.08. The quantitative estimate of drug-likeness (QED) is 0.519. The lowest BCUT2D eigenvalue weighted by Gasteiger charge is -2.02. The number of aliphatic carboxylic acids is 2. The Balaban J connectivity index is 0.000000360. The summed E-state index contributed by atoms with van der Waals surface area (Å²) in [4.78, 5) is 36.1. The van der Waals surface area contributed by atoms with Crippen LogP contribution in [0.15, 0.2) is 12.5 Å². The number of carboxylic acid groups (broad SMARTS) is 2. The number of aromatic amines is 1. The monoisotopic (exact) mass is 256 g/mol. The Hall–Kier alpha value is -2.22. The molecule has 0 radical (unpaired) electrons. The van der Waals surface area contributed by atoms with Crippen LogP contribution in [0.1, 0.15) is 19.0 Å². The fraction of sp³-hybridized carbons (Fsp3) is 0.400. The van der Waals surface area contributed by atoms with Crippen molar-refractivity contribution in [2.75, 3.05) is 0 Å². The second-order valence-corrected chi connectivity index (χ2v) is 3.29. The Morgan fingerprint density at radius 3 is 2.44 bits per heavy atom. The summed E-state index contributed by atoms with van der Waals surface area (Å²) in [6, 6.07) is -0.851. The third-order valence-corrected chi connectivity index (χ3v) is 1.86. The number of aromatic nitrogens is 2. The number of imidazole rings is 1. The van der Waals surface area contributed by atoms with Crippen LogP contribution >= 0.6 is 0 Å². The van der Waals surface area contributed by atoms with Crippen molar-refractivity contribution in [2.45, 2.75) is 25.8 Å². The van der Waals surface area contributed by atoms with Crippen LogP contribution in [0.2, 0.25) is 0 Å².